The molecule has 310 valence electrons. The van der Waals surface area contributed by atoms with Crippen LogP contribution in [0.5, 0.6) is 0 Å². The van der Waals surface area contributed by atoms with Crippen LogP contribution in [0.4, 0.5) is 9.59 Å². The van der Waals surface area contributed by atoms with Gasteiger partial charge >= 0.3 is 23.6 Å². The van der Waals surface area contributed by atoms with E-state index in [1.54, 1.807) is 9.47 Å². The van der Waals surface area contributed by atoms with Crippen molar-refractivity contribution in [3.8, 4) is 0 Å². The molecule has 2 unspecified atom stereocenters. The lowest BCUT2D eigenvalue weighted by Crippen LogP contribution is -2.50. The summed E-state index contributed by atoms with van der Waals surface area (Å²) in [4.78, 5) is 59.7. The highest BCUT2D eigenvalue weighted by Crippen LogP contribution is 2.34. The molecule has 4 heterocycles. The Bertz CT molecular complexity index is 2390. The smallest absolute Gasteiger partial charge is 0.407 e. The Balaban J connectivity index is 0.000000231. The highest BCUT2D eigenvalue weighted by molar-refractivity contribution is 5.76. The number of aromatic nitrogens is 4. The molecule has 2 aliphatic heterocycles. The van der Waals surface area contributed by atoms with Gasteiger partial charge in [-0.2, -0.15) is 0 Å². The van der Waals surface area contributed by atoms with Gasteiger partial charge in [-0.3, -0.25) is 14.0 Å². The van der Waals surface area contributed by atoms with Crippen LogP contribution in [0.15, 0.2) is 119 Å². The molecule has 13 heteroatoms. The van der Waals surface area contributed by atoms with E-state index in [0.29, 0.717) is 51.2 Å². The third-order valence-electron chi connectivity index (χ3n) is 11.9. The van der Waals surface area contributed by atoms with E-state index in [1.807, 2.05) is 65.2 Å². The van der Waals surface area contributed by atoms with Gasteiger partial charge in [-0.05, 0) is 79.8 Å². The van der Waals surface area contributed by atoms with Crippen molar-refractivity contribution in [2.24, 2.45) is 5.92 Å². The van der Waals surface area contributed by atoms with Gasteiger partial charge in [0.15, 0.2) is 0 Å². The second kappa shape index (κ2) is 18.7. The predicted octanol–water partition coefficient (Wildman–Crippen LogP) is 8.16. The number of imidazole rings is 2. The van der Waals surface area contributed by atoms with E-state index in [4.69, 9.17) is 5.11 Å². The number of fused-ring (bicyclic) bond motifs is 2. The number of para-hydroxylation sites is 4. The molecule has 0 radical (unpaired) electrons. The maximum absolute atomic E-state index is 13.0. The highest BCUT2D eigenvalue weighted by atomic mass is 16.4. The Labute approximate surface area is 343 Å². The van der Waals surface area contributed by atoms with Gasteiger partial charge in [0.1, 0.15) is 0 Å². The van der Waals surface area contributed by atoms with Crippen molar-refractivity contribution >= 4 is 34.3 Å². The number of carboxylic acid groups (broad SMARTS) is 2. The lowest BCUT2D eigenvalue weighted by molar-refractivity contribution is 0.0604. The summed E-state index contributed by atoms with van der Waals surface area (Å²) >= 11 is 0. The van der Waals surface area contributed by atoms with Gasteiger partial charge in [-0.15, -0.1) is 0 Å². The number of hydrogen-bond acceptors (Lipinski definition) is 5. The Morgan fingerprint density at radius 2 is 1.14 bits per heavy atom. The average Bonchev–Trinajstić information content (AvgIpc) is 3.76. The molecule has 4 N–H and O–H groups in total. The van der Waals surface area contributed by atoms with E-state index >= 15 is 0 Å². The zero-order valence-electron chi connectivity index (χ0n) is 33.8. The van der Waals surface area contributed by atoms with Crippen molar-refractivity contribution in [3.63, 3.8) is 0 Å². The minimum Gasteiger partial charge on any atom is -0.465 e. The Hall–Kier alpha value is -6.08. The second-order valence-electron chi connectivity index (χ2n) is 16.3. The zero-order chi connectivity index (χ0) is 41.5. The Morgan fingerprint density at radius 1 is 0.661 bits per heavy atom. The predicted molar refractivity (Wildman–Crippen MR) is 230 cm³/mol. The molecule has 2 amide bonds. The molecular weight excluding hydrogens is 747 g/mol. The highest BCUT2D eigenvalue weighted by Gasteiger charge is 2.36. The number of benzene rings is 4. The molecule has 2 aromatic heterocycles. The summed E-state index contributed by atoms with van der Waals surface area (Å²) in [6.45, 7) is 7.43. The maximum atomic E-state index is 13.0. The van der Waals surface area contributed by atoms with Crippen molar-refractivity contribution in [2.75, 3.05) is 19.6 Å². The largest absolute Gasteiger partial charge is 0.465 e. The number of nitrogens with one attached hydrogen (secondary N) is 2. The average molecular weight is 802 g/mol. The van der Waals surface area contributed by atoms with Gasteiger partial charge < -0.3 is 30.0 Å². The first-order valence-electron chi connectivity index (χ1n) is 20.7. The number of nitrogens with zero attached hydrogens (tertiary/aromatic N) is 5. The summed E-state index contributed by atoms with van der Waals surface area (Å²) in [5.41, 5.74) is 5.67. The number of carbonyl (C=O) groups is 2. The quantitative estimate of drug-likeness (QED) is 0.103. The Morgan fingerprint density at radius 3 is 1.63 bits per heavy atom. The van der Waals surface area contributed by atoms with E-state index in [0.717, 1.165) is 48.0 Å². The summed E-state index contributed by atoms with van der Waals surface area (Å²) in [7, 11) is 0. The molecule has 4 aromatic carbocycles. The zero-order valence-corrected chi connectivity index (χ0v) is 33.8. The fourth-order valence-corrected chi connectivity index (χ4v) is 9.13. The number of amides is 2. The molecule has 6 aromatic rings. The van der Waals surface area contributed by atoms with Gasteiger partial charge in [-0.25, -0.2) is 19.2 Å². The molecule has 2 aliphatic rings. The van der Waals surface area contributed by atoms with Crippen molar-refractivity contribution in [1.82, 2.24) is 33.8 Å². The molecule has 0 saturated carbocycles. The minimum absolute atomic E-state index is 0.0550. The lowest BCUT2D eigenvalue weighted by Gasteiger charge is -2.42. The van der Waals surface area contributed by atoms with Gasteiger partial charge in [0.2, 0.25) is 0 Å². The molecule has 59 heavy (non-hydrogen) atoms. The van der Waals surface area contributed by atoms with E-state index in [-0.39, 0.29) is 35.5 Å². The fourth-order valence-electron chi connectivity index (χ4n) is 9.13. The van der Waals surface area contributed by atoms with Crippen LogP contribution in [0.25, 0.3) is 22.1 Å². The third kappa shape index (κ3) is 9.80. The van der Waals surface area contributed by atoms with Gasteiger partial charge in [0.05, 0.1) is 22.1 Å². The summed E-state index contributed by atoms with van der Waals surface area (Å²) in [6.07, 6.45) is 2.51. The first kappa shape index (κ1) is 41.1. The van der Waals surface area contributed by atoms with E-state index in [9.17, 15) is 24.3 Å². The molecule has 2 fully saturated rings. The second-order valence-corrected chi connectivity index (χ2v) is 16.3. The first-order chi connectivity index (χ1) is 28.5. The van der Waals surface area contributed by atoms with Crippen LogP contribution in [-0.2, 0) is 13.1 Å². The standard InChI is InChI=1S/C33H40N4O3.C13H15N3O3/c1-24(2)19-28(35(22-25-11-5-3-6-12-25)23-26-13-7-4-8-14-26)21-29-20-27(17-18-36(29)33(39)40)37-31-16-10-9-15-30(31)34-32(37)38;17-12-14-10-3-1-2-4-11(10)16(12)9-5-7-15(8-6-9)13(18)19/h3-16,24,27-29H,17-23H2,1-2H3,(H,34,38)(H,39,40);1-4,9H,5-8H2,(H,14,17)(H,18,19)/t27?,28?,29-;/m1./s1. The van der Waals surface area contributed by atoms with Crippen LogP contribution in [0.1, 0.15) is 75.6 Å². The topological polar surface area (TPSA) is 160 Å². The maximum Gasteiger partial charge on any atom is 0.407 e. The van der Waals surface area contributed by atoms with E-state index in [2.05, 4.69) is 77.2 Å². The first-order valence-corrected chi connectivity index (χ1v) is 20.7. The van der Waals surface area contributed by atoms with Crippen LogP contribution in [-0.4, -0.2) is 87.9 Å². The van der Waals surface area contributed by atoms with Crippen LogP contribution in [0.2, 0.25) is 0 Å². The van der Waals surface area contributed by atoms with Crippen molar-refractivity contribution in [3.05, 3.63) is 141 Å². The number of aromatic amines is 2. The number of rotatable bonds is 11. The molecule has 0 spiro atoms. The van der Waals surface area contributed by atoms with Crippen LogP contribution in [0, 0.1) is 5.92 Å². The normalized spacial score (nSPS) is 18.0. The van der Waals surface area contributed by atoms with Crippen molar-refractivity contribution in [1.29, 1.82) is 0 Å². The molecule has 0 bridgehead atoms. The van der Waals surface area contributed by atoms with Gasteiger partial charge in [0.25, 0.3) is 0 Å². The van der Waals surface area contributed by atoms with Crippen LogP contribution >= 0.6 is 0 Å². The van der Waals surface area contributed by atoms with E-state index < -0.39 is 12.2 Å². The summed E-state index contributed by atoms with van der Waals surface area (Å²) < 4.78 is 3.61. The Kier molecular flexibility index (Phi) is 13.0. The van der Waals surface area contributed by atoms with Crippen LogP contribution in [0.3, 0.4) is 0 Å². The number of hydrogen-bond donors (Lipinski definition) is 4. The molecule has 3 atom stereocenters. The number of piperidine rings is 2. The fraction of sp³-hybridized carbons (Fsp3) is 0.391. The number of H-pyrrole nitrogens is 2. The van der Waals surface area contributed by atoms with Gasteiger partial charge in [0, 0.05) is 56.9 Å². The summed E-state index contributed by atoms with van der Waals surface area (Å²) in [5.74, 6) is 0.452. The minimum atomic E-state index is -0.885. The summed E-state index contributed by atoms with van der Waals surface area (Å²) in [6, 6.07) is 36.3. The molecular formula is C46H55N7O6. The molecule has 0 aliphatic carbocycles. The van der Waals surface area contributed by atoms with E-state index in [1.165, 1.54) is 16.0 Å². The monoisotopic (exact) mass is 801 g/mol. The lowest BCUT2D eigenvalue weighted by atomic mass is 9.88. The molecule has 8 rings (SSSR count). The third-order valence-corrected chi connectivity index (χ3v) is 11.9. The number of likely N-dealkylation sites (tertiary alicyclic amines) is 2. The molecule has 13 nitrogen and oxygen atoms in total. The molecule has 2 saturated heterocycles. The SMILES string of the molecule is CC(C)CC(C[C@H]1CC(n2c(=O)[nH]c3ccccc32)CCN1C(=O)O)N(Cc1ccccc1)Cc1ccccc1.O=C(O)N1CCC(n2c(=O)[nH]c3ccccc32)CC1. The van der Waals surface area contributed by atoms with Gasteiger partial charge in [-0.1, -0.05) is 98.8 Å². The van der Waals surface area contributed by atoms with Crippen molar-refractivity contribution in [2.45, 2.75) is 89.6 Å². The summed E-state index contributed by atoms with van der Waals surface area (Å²) in [5, 5.41) is 19.1. The van der Waals surface area contributed by atoms with Crippen LogP contribution < -0.4 is 11.4 Å². The van der Waals surface area contributed by atoms with Crippen molar-refractivity contribution < 1.29 is 19.8 Å².